The third-order valence-corrected chi connectivity index (χ3v) is 2.54. The van der Waals surface area contributed by atoms with Crippen molar-refractivity contribution in [1.82, 2.24) is 5.32 Å². The van der Waals surface area contributed by atoms with Gasteiger partial charge in [0.15, 0.2) is 0 Å². The molecule has 0 radical (unpaired) electrons. The van der Waals surface area contributed by atoms with Gasteiger partial charge in [0.25, 0.3) is 0 Å². The van der Waals surface area contributed by atoms with E-state index < -0.39 is 0 Å². The van der Waals surface area contributed by atoms with Crippen LogP contribution in [0.3, 0.4) is 0 Å². The summed E-state index contributed by atoms with van der Waals surface area (Å²) >= 11 is 0. The SMILES string of the molecule is CC(C)CC(CC(C)C)NC(C)CC(N)=O. The lowest BCUT2D eigenvalue weighted by Gasteiger charge is -2.25. The van der Waals surface area contributed by atoms with Crippen LogP contribution in [-0.4, -0.2) is 18.0 Å². The van der Waals surface area contributed by atoms with E-state index in [0.717, 1.165) is 12.8 Å². The van der Waals surface area contributed by atoms with Gasteiger partial charge in [-0.2, -0.15) is 0 Å². The topological polar surface area (TPSA) is 55.1 Å². The zero-order chi connectivity index (χ0) is 12.7. The monoisotopic (exact) mass is 228 g/mol. The van der Waals surface area contributed by atoms with E-state index in [1.807, 2.05) is 6.92 Å². The molecule has 0 fully saturated rings. The van der Waals surface area contributed by atoms with E-state index in [2.05, 4.69) is 33.0 Å². The predicted octanol–water partition coefficient (Wildman–Crippen LogP) is 2.30. The number of primary amides is 1. The summed E-state index contributed by atoms with van der Waals surface area (Å²) < 4.78 is 0. The summed E-state index contributed by atoms with van der Waals surface area (Å²) in [5, 5.41) is 3.51. The number of hydrogen-bond acceptors (Lipinski definition) is 2. The molecule has 0 aliphatic carbocycles. The number of carbonyl (C=O) groups excluding carboxylic acids is 1. The number of hydrogen-bond donors (Lipinski definition) is 2. The van der Waals surface area contributed by atoms with Crippen LogP contribution in [0, 0.1) is 11.8 Å². The van der Waals surface area contributed by atoms with Crippen LogP contribution in [0.5, 0.6) is 0 Å². The molecule has 0 saturated carbocycles. The van der Waals surface area contributed by atoms with Crippen LogP contribution >= 0.6 is 0 Å². The maximum absolute atomic E-state index is 10.8. The molecule has 0 saturated heterocycles. The number of amides is 1. The summed E-state index contributed by atoms with van der Waals surface area (Å²) in [6.45, 7) is 10.9. The first kappa shape index (κ1) is 15.4. The summed E-state index contributed by atoms with van der Waals surface area (Å²) in [5.74, 6) is 1.13. The second-order valence-electron chi connectivity index (χ2n) is 5.69. The standard InChI is InChI=1S/C13H28N2O/c1-9(2)6-12(7-10(3)4)15-11(5)8-13(14)16/h9-12,15H,6-8H2,1-5H3,(H2,14,16). The quantitative estimate of drug-likeness (QED) is 0.670. The molecule has 0 spiro atoms. The summed E-state index contributed by atoms with van der Waals surface area (Å²) in [6.07, 6.45) is 2.73. The van der Waals surface area contributed by atoms with E-state index in [1.165, 1.54) is 0 Å². The lowest BCUT2D eigenvalue weighted by Crippen LogP contribution is -2.40. The fourth-order valence-corrected chi connectivity index (χ4v) is 2.13. The second kappa shape index (κ2) is 7.66. The van der Waals surface area contributed by atoms with Gasteiger partial charge in [-0.1, -0.05) is 27.7 Å². The molecule has 0 heterocycles. The van der Waals surface area contributed by atoms with Crippen molar-refractivity contribution in [2.75, 3.05) is 0 Å². The van der Waals surface area contributed by atoms with Crippen molar-refractivity contribution < 1.29 is 4.79 Å². The molecule has 3 heteroatoms. The highest BCUT2D eigenvalue weighted by Crippen LogP contribution is 2.14. The zero-order valence-corrected chi connectivity index (χ0v) is 11.4. The molecule has 3 nitrogen and oxygen atoms in total. The summed E-state index contributed by atoms with van der Waals surface area (Å²) in [4.78, 5) is 10.8. The largest absolute Gasteiger partial charge is 0.370 e. The first-order valence-corrected chi connectivity index (χ1v) is 6.35. The molecule has 0 rings (SSSR count). The van der Waals surface area contributed by atoms with E-state index in [-0.39, 0.29) is 11.9 Å². The highest BCUT2D eigenvalue weighted by atomic mass is 16.1. The normalized spacial score (nSPS) is 13.8. The highest BCUT2D eigenvalue weighted by Gasteiger charge is 2.16. The minimum absolute atomic E-state index is 0.181. The Balaban J connectivity index is 4.13. The smallest absolute Gasteiger partial charge is 0.218 e. The number of nitrogens with two attached hydrogens (primary N) is 1. The van der Waals surface area contributed by atoms with Crippen molar-refractivity contribution >= 4 is 5.91 Å². The van der Waals surface area contributed by atoms with Crippen LogP contribution in [0.25, 0.3) is 0 Å². The molecule has 1 unspecified atom stereocenters. The van der Waals surface area contributed by atoms with Gasteiger partial charge in [0.05, 0.1) is 0 Å². The Morgan fingerprint density at radius 3 is 1.81 bits per heavy atom. The van der Waals surface area contributed by atoms with Gasteiger partial charge >= 0.3 is 0 Å². The number of nitrogens with one attached hydrogen (secondary N) is 1. The van der Waals surface area contributed by atoms with Crippen LogP contribution in [0.1, 0.15) is 53.9 Å². The van der Waals surface area contributed by atoms with Gasteiger partial charge in [0.2, 0.25) is 5.91 Å². The van der Waals surface area contributed by atoms with Crippen molar-refractivity contribution in [3.05, 3.63) is 0 Å². The summed E-state index contributed by atoms with van der Waals surface area (Å²) in [5.41, 5.74) is 5.19. The fraction of sp³-hybridized carbons (Fsp3) is 0.923. The number of rotatable bonds is 8. The maximum atomic E-state index is 10.8. The van der Waals surface area contributed by atoms with E-state index in [4.69, 9.17) is 5.73 Å². The van der Waals surface area contributed by atoms with Crippen LogP contribution in [0.2, 0.25) is 0 Å². The van der Waals surface area contributed by atoms with Gasteiger partial charge < -0.3 is 11.1 Å². The molecule has 96 valence electrons. The lowest BCUT2D eigenvalue weighted by molar-refractivity contribution is -0.118. The Labute approximate surface area is 100 Å². The lowest BCUT2D eigenvalue weighted by atomic mass is 9.95. The molecule has 0 aliphatic heterocycles. The zero-order valence-electron chi connectivity index (χ0n) is 11.4. The molecule has 0 aromatic rings. The molecule has 3 N–H and O–H groups in total. The number of carbonyl (C=O) groups is 1. The third kappa shape index (κ3) is 8.72. The van der Waals surface area contributed by atoms with Gasteiger partial charge in [0.1, 0.15) is 0 Å². The van der Waals surface area contributed by atoms with Crippen molar-refractivity contribution in [3.8, 4) is 0 Å². The summed E-state index contributed by atoms with van der Waals surface area (Å²) in [6, 6.07) is 0.675. The van der Waals surface area contributed by atoms with Gasteiger partial charge in [-0.3, -0.25) is 4.79 Å². The molecule has 0 aromatic carbocycles. The van der Waals surface area contributed by atoms with Gasteiger partial charge in [-0.25, -0.2) is 0 Å². The average Bonchev–Trinajstić information content (AvgIpc) is 1.97. The van der Waals surface area contributed by atoms with E-state index in [1.54, 1.807) is 0 Å². The molecular formula is C13H28N2O. The van der Waals surface area contributed by atoms with Gasteiger partial charge in [0, 0.05) is 18.5 Å². The van der Waals surface area contributed by atoms with Crippen molar-refractivity contribution in [2.45, 2.75) is 66.0 Å². The van der Waals surface area contributed by atoms with Crippen molar-refractivity contribution in [1.29, 1.82) is 0 Å². The Morgan fingerprint density at radius 2 is 1.50 bits per heavy atom. The Bertz CT molecular complexity index is 192. The molecular weight excluding hydrogens is 200 g/mol. The predicted molar refractivity (Wildman–Crippen MR) is 69.1 cm³/mol. The second-order valence-corrected chi connectivity index (χ2v) is 5.69. The van der Waals surface area contributed by atoms with Crippen LogP contribution < -0.4 is 11.1 Å². The average molecular weight is 228 g/mol. The van der Waals surface area contributed by atoms with Crippen LogP contribution in [-0.2, 0) is 4.79 Å². The van der Waals surface area contributed by atoms with Crippen LogP contribution in [0.15, 0.2) is 0 Å². The minimum Gasteiger partial charge on any atom is -0.370 e. The first-order chi connectivity index (χ1) is 7.31. The van der Waals surface area contributed by atoms with Gasteiger partial charge in [-0.05, 0) is 31.6 Å². The molecule has 0 aliphatic rings. The fourth-order valence-electron chi connectivity index (χ4n) is 2.13. The minimum atomic E-state index is -0.229. The van der Waals surface area contributed by atoms with Crippen LogP contribution in [0.4, 0.5) is 0 Å². The maximum Gasteiger partial charge on any atom is 0.218 e. The van der Waals surface area contributed by atoms with E-state index >= 15 is 0 Å². The molecule has 16 heavy (non-hydrogen) atoms. The van der Waals surface area contributed by atoms with Gasteiger partial charge in [-0.15, -0.1) is 0 Å². The first-order valence-electron chi connectivity index (χ1n) is 6.35. The van der Waals surface area contributed by atoms with Crippen molar-refractivity contribution in [3.63, 3.8) is 0 Å². The Hall–Kier alpha value is -0.570. The van der Waals surface area contributed by atoms with E-state index in [0.29, 0.717) is 24.3 Å². The molecule has 0 bridgehead atoms. The van der Waals surface area contributed by atoms with E-state index in [9.17, 15) is 4.79 Å². The Kier molecular flexibility index (Phi) is 7.39. The highest BCUT2D eigenvalue weighted by molar-refractivity contribution is 5.74. The molecule has 1 amide bonds. The molecule has 0 aromatic heterocycles. The Morgan fingerprint density at radius 1 is 1.06 bits per heavy atom. The summed E-state index contributed by atoms with van der Waals surface area (Å²) in [7, 11) is 0. The van der Waals surface area contributed by atoms with Crippen molar-refractivity contribution in [2.24, 2.45) is 17.6 Å². The third-order valence-electron chi connectivity index (χ3n) is 2.54. The molecule has 1 atom stereocenters.